The second-order valence-electron chi connectivity index (χ2n) is 5.19. The first-order chi connectivity index (χ1) is 9.79. The third kappa shape index (κ3) is 2.31. The van der Waals surface area contributed by atoms with Gasteiger partial charge in [0, 0.05) is 18.3 Å². The Labute approximate surface area is 120 Å². The molecule has 1 heterocycles. The van der Waals surface area contributed by atoms with Crippen LogP contribution in [0.5, 0.6) is 5.75 Å². The predicted molar refractivity (Wildman–Crippen MR) is 83.2 cm³/mol. The standard InChI is InChI=1S/C17H20N2O/c1-20-17-12-14(9-10-15(17)18)19-11-5-8-16(19)13-6-3-2-4-7-13/h2-4,6-7,9-10,12,16H,5,8,11,18H2,1H3. The van der Waals surface area contributed by atoms with Gasteiger partial charge in [-0.05, 0) is 30.5 Å². The molecule has 3 rings (SSSR count). The molecule has 0 aromatic heterocycles. The first-order valence-corrected chi connectivity index (χ1v) is 7.04. The van der Waals surface area contributed by atoms with E-state index in [4.69, 9.17) is 10.5 Å². The minimum atomic E-state index is 0.449. The van der Waals surface area contributed by atoms with Crippen LogP contribution in [-0.2, 0) is 0 Å². The zero-order valence-corrected chi connectivity index (χ0v) is 11.8. The Morgan fingerprint density at radius 1 is 1.15 bits per heavy atom. The van der Waals surface area contributed by atoms with Crippen LogP contribution >= 0.6 is 0 Å². The molecule has 1 unspecified atom stereocenters. The maximum atomic E-state index is 5.90. The van der Waals surface area contributed by atoms with Crippen molar-refractivity contribution in [3.8, 4) is 5.75 Å². The fraction of sp³-hybridized carbons (Fsp3) is 0.294. The van der Waals surface area contributed by atoms with Gasteiger partial charge in [-0.3, -0.25) is 0 Å². The molecule has 0 spiro atoms. The van der Waals surface area contributed by atoms with Crippen LogP contribution in [0.15, 0.2) is 48.5 Å². The minimum absolute atomic E-state index is 0.449. The number of nitrogens with zero attached hydrogens (tertiary/aromatic N) is 1. The summed E-state index contributed by atoms with van der Waals surface area (Å²) in [4.78, 5) is 2.44. The predicted octanol–water partition coefficient (Wildman–Crippen LogP) is 3.62. The molecule has 2 aromatic carbocycles. The minimum Gasteiger partial charge on any atom is -0.495 e. The average molecular weight is 268 g/mol. The maximum Gasteiger partial charge on any atom is 0.143 e. The van der Waals surface area contributed by atoms with E-state index in [1.165, 1.54) is 24.1 Å². The van der Waals surface area contributed by atoms with Crippen molar-refractivity contribution in [2.45, 2.75) is 18.9 Å². The highest BCUT2D eigenvalue weighted by Crippen LogP contribution is 2.38. The summed E-state index contributed by atoms with van der Waals surface area (Å²) in [6, 6.07) is 17.2. The van der Waals surface area contributed by atoms with Crippen LogP contribution in [0.4, 0.5) is 11.4 Å². The molecule has 2 N–H and O–H groups in total. The van der Waals surface area contributed by atoms with Crippen molar-refractivity contribution in [1.29, 1.82) is 0 Å². The van der Waals surface area contributed by atoms with Crippen LogP contribution in [-0.4, -0.2) is 13.7 Å². The molecule has 0 bridgehead atoms. The summed E-state index contributed by atoms with van der Waals surface area (Å²) in [5, 5.41) is 0. The summed E-state index contributed by atoms with van der Waals surface area (Å²) >= 11 is 0. The summed E-state index contributed by atoms with van der Waals surface area (Å²) in [7, 11) is 1.66. The second kappa shape index (κ2) is 5.45. The zero-order chi connectivity index (χ0) is 13.9. The fourth-order valence-electron chi connectivity index (χ4n) is 2.98. The number of ether oxygens (including phenoxy) is 1. The van der Waals surface area contributed by atoms with Gasteiger partial charge in [0.05, 0.1) is 18.8 Å². The highest BCUT2D eigenvalue weighted by atomic mass is 16.5. The number of hydrogen-bond donors (Lipinski definition) is 1. The van der Waals surface area contributed by atoms with E-state index in [2.05, 4.69) is 41.3 Å². The van der Waals surface area contributed by atoms with E-state index in [0.29, 0.717) is 11.7 Å². The summed E-state index contributed by atoms with van der Waals surface area (Å²) < 4.78 is 5.33. The van der Waals surface area contributed by atoms with Gasteiger partial charge in [0.1, 0.15) is 5.75 Å². The Morgan fingerprint density at radius 2 is 1.95 bits per heavy atom. The van der Waals surface area contributed by atoms with Crippen LogP contribution in [0.2, 0.25) is 0 Å². The van der Waals surface area contributed by atoms with Crippen LogP contribution < -0.4 is 15.4 Å². The molecular weight excluding hydrogens is 248 g/mol. The Hall–Kier alpha value is -2.16. The van der Waals surface area contributed by atoms with E-state index in [9.17, 15) is 0 Å². The molecule has 1 atom stereocenters. The molecule has 3 nitrogen and oxygen atoms in total. The summed E-state index contributed by atoms with van der Waals surface area (Å²) in [6.07, 6.45) is 2.41. The van der Waals surface area contributed by atoms with E-state index < -0.39 is 0 Å². The maximum absolute atomic E-state index is 5.90. The van der Waals surface area contributed by atoms with Crippen LogP contribution in [0.25, 0.3) is 0 Å². The van der Waals surface area contributed by atoms with Crippen molar-refractivity contribution in [2.75, 3.05) is 24.3 Å². The first-order valence-electron chi connectivity index (χ1n) is 7.04. The molecule has 1 saturated heterocycles. The highest BCUT2D eigenvalue weighted by Gasteiger charge is 2.26. The lowest BCUT2D eigenvalue weighted by atomic mass is 10.0. The fourth-order valence-corrected chi connectivity index (χ4v) is 2.98. The van der Waals surface area contributed by atoms with E-state index in [1.54, 1.807) is 7.11 Å². The normalized spacial score (nSPS) is 18.2. The molecule has 1 aliphatic heterocycles. The van der Waals surface area contributed by atoms with Crippen molar-refractivity contribution >= 4 is 11.4 Å². The Balaban J connectivity index is 1.93. The smallest absolute Gasteiger partial charge is 0.143 e. The van der Waals surface area contributed by atoms with Gasteiger partial charge in [0.2, 0.25) is 0 Å². The highest BCUT2D eigenvalue weighted by molar-refractivity contribution is 5.63. The number of rotatable bonds is 3. The van der Waals surface area contributed by atoms with Crippen LogP contribution in [0, 0.1) is 0 Å². The molecule has 1 fully saturated rings. The molecule has 0 amide bonds. The largest absolute Gasteiger partial charge is 0.495 e. The molecule has 0 saturated carbocycles. The van der Waals surface area contributed by atoms with Crippen molar-refractivity contribution in [3.63, 3.8) is 0 Å². The zero-order valence-electron chi connectivity index (χ0n) is 11.8. The third-order valence-electron chi connectivity index (χ3n) is 3.99. The summed E-state index contributed by atoms with van der Waals surface area (Å²) in [6.45, 7) is 1.08. The number of methoxy groups -OCH3 is 1. The molecule has 20 heavy (non-hydrogen) atoms. The molecule has 0 aliphatic carbocycles. The van der Waals surface area contributed by atoms with Gasteiger partial charge in [0.15, 0.2) is 0 Å². The lowest BCUT2D eigenvalue weighted by molar-refractivity contribution is 0.417. The monoisotopic (exact) mass is 268 g/mol. The lowest BCUT2D eigenvalue weighted by Gasteiger charge is -2.27. The van der Waals surface area contributed by atoms with Gasteiger partial charge in [-0.15, -0.1) is 0 Å². The Morgan fingerprint density at radius 3 is 2.70 bits per heavy atom. The van der Waals surface area contributed by atoms with E-state index in [1.807, 2.05) is 12.1 Å². The lowest BCUT2D eigenvalue weighted by Crippen LogP contribution is -2.22. The molecular formula is C17H20N2O. The number of nitrogen functional groups attached to an aromatic ring is 1. The van der Waals surface area contributed by atoms with E-state index >= 15 is 0 Å². The number of hydrogen-bond acceptors (Lipinski definition) is 3. The Bertz CT molecular complexity index is 583. The number of anilines is 2. The van der Waals surface area contributed by atoms with Gasteiger partial charge < -0.3 is 15.4 Å². The Kier molecular flexibility index (Phi) is 3.50. The van der Waals surface area contributed by atoms with Gasteiger partial charge in [-0.2, -0.15) is 0 Å². The van der Waals surface area contributed by atoms with Gasteiger partial charge >= 0.3 is 0 Å². The number of nitrogens with two attached hydrogens (primary N) is 1. The molecule has 104 valence electrons. The molecule has 1 aliphatic rings. The molecule has 0 radical (unpaired) electrons. The molecule has 3 heteroatoms. The summed E-state index contributed by atoms with van der Waals surface area (Å²) in [5.74, 6) is 0.751. The quantitative estimate of drug-likeness (QED) is 0.864. The average Bonchev–Trinajstić information content (AvgIpc) is 2.98. The topological polar surface area (TPSA) is 38.5 Å². The number of benzene rings is 2. The van der Waals surface area contributed by atoms with Crippen molar-refractivity contribution < 1.29 is 4.74 Å². The summed E-state index contributed by atoms with van der Waals surface area (Å²) in [5.41, 5.74) is 9.15. The van der Waals surface area contributed by atoms with Gasteiger partial charge in [-0.1, -0.05) is 30.3 Å². The van der Waals surface area contributed by atoms with Crippen molar-refractivity contribution in [2.24, 2.45) is 0 Å². The van der Waals surface area contributed by atoms with E-state index in [-0.39, 0.29) is 0 Å². The van der Waals surface area contributed by atoms with E-state index in [0.717, 1.165) is 12.3 Å². The van der Waals surface area contributed by atoms with Gasteiger partial charge in [0.25, 0.3) is 0 Å². The van der Waals surface area contributed by atoms with Crippen molar-refractivity contribution in [1.82, 2.24) is 0 Å². The second-order valence-corrected chi connectivity index (χ2v) is 5.19. The molecule has 2 aromatic rings. The van der Waals surface area contributed by atoms with Crippen molar-refractivity contribution in [3.05, 3.63) is 54.1 Å². The first kappa shape index (κ1) is 12.9. The third-order valence-corrected chi connectivity index (χ3v) is 3.99. The SMILES string of the molecule is COc1cc(N2CCCC2c2ccccc2)ccc1N. The van der Waals surface area contributed by atoms with Gasteiger partial charge in [-0.25, -0.2) is 0 Å². The van der Waals surface area contributed by atoms with Crippen LogP contribution in [0.3, 0.4) is 0 Å². The van der Waals surface area contributed by atoms with Crippen LogP contribution in [0.1, 0.15) is 24.4 Å².